The number of carbonyl (C=O) groups is 1. The second-order valence-corrected chi connectivity index (χ2v) is 6.39. The monoisotopic (exact) mass is 350 g/mol. The van der Waals surface area contributed by atoms with E-state index in [0.29, 0.717) is 17.1 Å². The maximum absolute atomic E-state index is 12.6. The maximum atomic E-state index is 12.6. The Morgan fingerprint density at radius 3 is 2.85 bits per heavy atom. The largest absolute Gasteiger partial charge is 0.493 e. The molecule has 0 unspecified atom stereocenters. The van der Waals surface area contributed by atoms with Crippen molar-refractivity contribution in [3.63, 3.8) is 0 Å². The zero-order valence-corrected chi connectivity index (χ0v) is 15.0. The molecule has 5 heteroatoms. The SMILES string of the molecule is COc1cc(C#N)ccc1O[C@H](C)C(=O)N[C@@H]1CCCc2ccccc21. The minimum absolute atomic E-state index is 0.0151. The van der Waals surface area contributed by atoms with Crippen molar-refractivity contribution in [3.05, 3.63) is 59.2 Å². The fourth-order valence-electron chi connectivity index (χ4n) is 3.27. The van der Waals surface area contributed by atoms with Crippen LogP contribution in [0.15, 0.2) is 42.5 Å². The van der Waals surface area contributed by atoms with E-state index in [0.717, 1.165) is 19.3 Å². The van der Waals surface area contributed by atoms with Crippen molar-refractivity contribution in [1.29, 1.82) is 5.26 Å². The number of benzene rings is 2. The predicted molar refractivity (Wildman–Crippen MR) is 98.1 cm³/mol. The molecule has 0 saturated heterocycles. The summed E-state index contributed by atoms with van der Waals surface area (Å²) < 4.78 is 11.0. The lowest BCUT2D eigenvalue weighted by Gasteiger charge is -2.27. The van der Waals surface area contributed by atoms with Gasteiger partial charge < -0.3 is 14.8 Å². The van der Waals surface area contributed by atoms with Gasteiger partial charge in [0.15, 0.2) is 17.6 Å². The van der Waals surface area contributed by atoms with E-state index in [1.54, 1.807) is 25.1 Å². The first kappa shape index (κ1) is 17.8. The smallest absolute Gasteiger partial charge is 0.261 e. The average Bonchev–Trinajstić information content (AvgIpc) is 2.68. The van der Waals surface area contributed by atoms with Crippen LogP contribution in [0.3, 0.4) is 0 Å². The molecule has 26 heavy (non-hydrogen) atoms. The zero-order valence-electron chi connectivity index (χ0n) is 15.0. The van der Waals surface area contributed by atoms with Crippen LogP contribution in [0.4, 0.5) is 0 Å². The van der Waals surface area contributed by atoms with Crippen LogP contribution in [0.2, 0.25) is 0 Å². The van der Waals surface area contributed by atoms with E-state index in [4.69, 9.17) is 14.7 Å². The summed E-state index contributed by atoms with van der Waals surface area (Å²) in [6.45, 7) is 1.71. The lowest BCUT2D eigenvalue weighted by Crippen LogP contribution is -2.39. The van der Waals surface area contributed by atoms with E-state index in [-0.39, 0.29) is 11.9 Å². The Hall–Kier alpha value is -3.00. The van der Waals surface area contributed by atoms with Gasteiger partial charge in [0.1, 0.15) is 0 Å². The number of amides is 1. The molecular weight excluding hydrogens is 328 g/mol. The third-order valence-electron chi connectivity index (χ3n) is 4.65. The fourth-order valence-corrected chi connectivity index (χ4v) is 3.27. The number of carbonyl (C=O) groups excluding carboxylic acids is 1. The van der Waals surface area contributed by atoms with E-state index in [1.165, 1.54) is 18.2 Å². The molecule has 0 aromatic heterocycles. The van der Waals surface area contributed by atoms with Gasteiger partial charge in [-0.2, -0.15) is 5.26 Å². The van der Waals surface area contributed by atoms with Crippen molar-refractivity contribution in [3.8, 4) is 17.6 Å². The van der Waals surface area contributed by atoms with Crippen LogP contribution in [-0.2, 0) is 11.2 Å². The van der Waals surface area contributed by atoms with Crippen LogP contribution in [0.5, 0.6) is 11.5 Å². The van der Waals surface area contributed by atoms with Crippen molar-refractivity contribution in [2.45, 2.75) is 38.3 Å². The molecule has 0 radical (unpaired) electrons. The first-order valence-electron chi connectivity index (χ1n) is 8.75. The van der Waals surface area contributed by atoms with Crippen molar-refractivity contribution in [1.82, 2.24) is 5.32 Å². The summed E-state index contributed by atoms with van der Waals surface area (Å²) in [5.74, 6) is 0.711. The summed E-state index contributed by atoms with van der Waals surface area (Å²) >= 11 is 0. The number of hydrogen-bond acceptors (Lipinski definition) is 4. The number of nitrogens with one attached hydrogen (secondary N) is 1. The summed E-state index contributed by atoms with van der Waals surface area (Å²) in [5.41, 5.74) is 2.96. The Morgan fingerprint density at radius 2 is 2.08 bits per heavy atom. The van der Waals surface area contributed by atoms with Crippen LogP contribution in [0.1, 0.15) is 42.5 Å². The summed E-state index contributed by atoms with van der Waals surface area (Å²) in [4.78, 5) is 12.6. The molecule has 2 aromatic carbocycles. The normalized spacial score (nSPS) is 16.7. The summed E-state index contributed by atoms with van der Waals surface area (Å²) in [6, 6.07) is 15.2. The van der Waals surface area contributed by atoms with Gasteiger partial charge in [0, 0.05) is 6.07 Å². The number of rotatable bonds is 5. The van der Waals surface area contributed by atoms with Crippen LogP contribution >= 0.6 is 0 Å². The van der Waals surface area contributed by atoms with Crippen molar-refractivity contribution in [2.75, 3.05) is 7.11 Å². The third-order valence-corrected chi connectivity index (χ3v) is 4.65. The molecule has 0 heterocycles. The molecule has 0 bridgehead atoms. The quantitative estimate of drug-likeness (QED) is 0.895. The van der Waals surface area contributed by atoms with Gasteiger partial charge in [-0.05, 0) is 49.4 Å². The van der Waals surface area contributed by atoms with Crippen molar-refractivity contribution >= 4 is 5.91 Å². The van der Waals surface area contributed by atoms with E-state index in [2.05, 4.69) is 23.5 Å². The van der Waals surface area contributed by atoms with E-state index in [9.17, 15) is 4.79 Å². The molecule has 2 atom stereocenters. The van der Waals surface area contributed by atoms with Gasteiger partial charge in [-0.15, -0.1) is 0 Å². The molecule has 0 saturated carbocycles. The predicted octanol–water partition coefficient (Wildman–Crippen LogP) is 3.53. The molecule has 1 N–H and O–H groups in total. The highest BCUT2D eigenvalue weighted by atomic mass is 16.5. The minimum atomic E-state index is -0.675. The molecule has 0 aliphatic heterocycles. The molecule has 1 aliphatic carbocycles. The topological polar surface area (TPSA) is 71.3 Å². The summed E-state index contributed by atoms with van der Waals surface area (Å²) in [7, 11) is 1.51. The number of hydrogen-bond donors (Lipinski definition) is 1. The zero-order chi connectivity index (χ0) is 18.5. The van der Waals surface area contributed by atoms with E-state index >= 15 is 0 Å². The Morgan fingerprint density at radius 1 is 1.27 bits per heavy atom. The van der Waals surface area contributed by atoms with Gasteiger partial charge in [0.2, 0.25) is 0 Å². The van der Waals surface area contributed by atoms with Gasteiger partial charge >= 0.3 is 0 Å². The number of nitriles is 1. The van der Waals surface area contributed by atoms with Crippen LogP contribution in [0, 0.1) is 11.3 Å². The molecule has 0 fully saturated rings. The van der Waals surface area contributed by atoms with Crippen LogP contribution < -0.4 is 14.8 Å². The number of methoxy groups -OCH3 is 1. The lowest BCUT2D eigenvalue weighted by molar-refractivity contribution is -0.128. The average molecular weight is 350 g/mol. The maximum Gasteiger partial charge on any atom is 0.261 e. The molecule has 2 aromatic rings. The molecule has 3 rings (SSSR count). The van der Waals surface area contributed by atoms with Gasteiger partial charge in [0.25, 0.3) is 5.91 Å². The van der Waals surface area contributed by atoms with E-state index in [1.807, 2.05) is 12.1 Å². The van der Waals surface area contributed by atoms with Gasteiger partial charge in [-0.1, -0.05) is 24.3 Å². The van der Waals surface area contributed by atoms with Gasteiger partial charge in [0.05, 0.1) is 24.8 Å². The molecule has 134 valence electrons. The highest BCUT2D eigenvalue weighted by Crippen LogP contribution is 2.31. The third kappa shape index (κ3) is 3.80. The van der Waals surface area contributed by atoms with Crippen molar-refractivity contribution in [2.24, 2.45) is 0 Å². The Labute approximate surface area is 153 Å². The molecule has 5 nitrogen and oxygen atoms in total. The Balaban J connectivity index is 1.69. The van der Waals surface area contributed by atoms with Crippen LogP contribution in [-0.4, -0.2) is 19.1 Å². The number of fused-ring (bicyclic) bond motifs is 1. The molecule has 1 aliphatic rings. The first-order valence-corrected chi connectivity index (χ1v) is 8.75. The number of aryl methyl sites for hydroxylation is 1. The number of ether oxygens (including phenoxy) is 2. The number of nitrogens with zero attached hydrogens (tertiary/aromatic N) is 1. The Bertz CT molecular complexity index is 841. The standard InChI is InChI=1S/C21H22N2O3/c1-14(26-19-11-10-15(13-22)12-20(19)25-2)21(24)23-18-9-5-7-16-6-3-4-8-17(16)18/h3-4,6,8,10-12,14,18H,5,7,9H2,1-2H3,(H,23,24)/t14-,18-/m1/s1. The molecule has 1 amide bonds. The van der Waals surface area contributed by atoms with E-state index < -0.39 is 6.10 Å². The molecule has 0 spiro atoms. The fraction of sp³-hybridized carbons (Fsp3) is 0.333. The van der Waals surface area contributed by atoms with Gasteiger partial charge in [-0.25, -0.2) is 0 Å². The lowest BCUT2D eigenvalue weighted by atomic mass is 9.87. The van der Waals surface area contributed by atoms with Crippen molar-refractivity contribution < 1.29 is 14.3 Å². The molecular formula is C21H22N2O3. The van der Waals surface area contributed by atoms with Gasteiger partial charge in [-0.3, -0.25) is 4.79 Å². The highest BCUT2D eigenvalue weighted by Gasteiger charge is 2.25. The second kappa shape index (κ2) is 7.92. The minimum Gasteiger partial charge on any atom is -0.493 e. The summed E-state index contributed by atoms with van der Waals surface area (Å²) in [5, 5.41) is 12.1. The summed E-state index contributed by atoms with van der Waals surface area (Å²) in [6.07, 6.45) is 2.36. The first-order chi connectivity index (χ1) is 12.6. The highest BCUT2D eigenvalue weighted by molar-refractivity contribution is 5.81. The Kier molecular flexibility index (Phi) is 5.43. The second-order valence-electron chi connectivity index (χ2n) is 6.39. The van der Waals surface area contributed by atoms with Crippen LogP contribution in [0.25, 0.3) is 0 Å².